The van der Waals surface area contributed by atoms with E-state index in [4.69, 9.17) is 23.2 Å². The van der Waals surface area contributed by atoms with Crippen molar-refractivity contribution in [3.63, 3.8) is 0 Å². The van der Waals surface area contributed by atoms with Crippen LogP contribution in [0.25, 0.3) is 0 Å². The summed E-state index contributed by atoms with van der Waals surface area (Å²) in [7, 11) is 0. The number of halogens is 2. The summed E-state index contributed by atoms with van der Waals surface area (Å²) in [6.07, 6.45) is 5.43. The Labute approximate surface area is 114 Å². The van der Waals surface area contributed by atoms with E-state index in [2.05, 4.69) is 0 Å². The highest BCUT2D eigenvalue weighted by Crippen LogP contribution is 2.26. The fourth-order valence-corrected chi connectivity index (χ4v) is 2.57. The predicted molar refractivity (Wildman–Crippen MR) is 75.9 cm³/mol. The van der Waals surface area contributed by atoms with Crippen LogP contribution in [0.15, 0.2) is 28.5 Å². The Kier molecular flexibility index (Phi) is 5.76. The SMILES string of the molecule is CSC(=CC(=O)c1cc(Cl)ccc1Cl)SC. The standard InChI is InChI=1S/C11H10Cl2OS2/c1-15-11(16-2)6-10(14)8-5-7(12)3-4-9(8)13/h3-6H,1-2H3. The van der Waals surface area contributed by atoms with Gasteiger partial charge in [-0.2, -0.15) is 0 Å². The van der Waals surface area contributed by atoms with E-state index in [-0.39, 0.29) is 5.78 Å². The van der Waals surface area contributed by atoms with E-state index < -0.39 is 0 Å². The van der Waals surface area contributed by atoms with Gasteiger partial charge in [0.05, 0.1) is 5.02 Å². The second kappa shape index (κ2) is 6.60. The molecule has 0 amide bonds. The van der Waals surface area contributed by atoms with Gasteiger partial charge in [0.1, 0.15) is 0 Å². The Balaban J connectivity index is 3.05. The van der Waals surface area contributed by atoms with E-state index in [1.54, 1.807) is 24.3 Å². The molecule has 1 rings (SSSR count). The van der Waals surface area contributed by atoms with E-state index >= 15 is 0 Å². The molecule has 0 N–H and O–H groups in total. The molecule has 0 saturated carbocycles. The van der Waals surface area contributed by atoms with Gasteiger partial charge in [-0.15, -0.1) is 23.5 Å². The van der Waals surface area contributed by atoms with Crippen molar-refractivity contribution in [3.05, 3.63) is 44.1 Å². The molecule has 0 radical (unpaired) electrons. The topological polar surface area (TPSA) is 17.1 Å². The third-order valence-electron chi connectivity index (χ3n) is 1.85. The van der Waals surface area contributed by atoms with Gasteiger partial charge >= 0.3 is 0 Å². The molecule has 1 aromatic rings. The van der Waals surface area contributed by atoms with Crippen LogP contribution < -0.4 is 0 Å². The molecule has 0 saturated heterocycles. The van der Waals surface area contributed by atoms with E-state index in [0.717, 1.165) is 4.24 Å². The molecular weight excluding hydrogens is 283 g/mol. The molecule has 0 aromatic heterocycles. The molecule has 0 atom stereocenters. The number of ketones is 1. The van der Waals surface area contributed by atoms with Crippen LogP contribution in [0.3, 0.4) is 0 Å². The maximum Gasteiger partial charge on any atom is 0.189 e. The molecule has 16 heavy (non-hydrogen) atoms. The van der Waals surface area contributed by atoms with Gasteiger partial charge in [0, 0.05) is 20.9 Å². The number of rotatable bonds is 4. The number of hydrogen-bond acceptors (Lipinski definition) is 3. The highest BCUT2D eigenvalue weighted by molar-refractivity contribution is 8.21. The molecule has 5 heteroatoms. The highest BCUT2D eigenvalue weighted by Gasteiger charge is 2.09. The first-order valence-electron chi connectivity index (χ1n) is 4.37. The summed E-state index contributed by atoms with van der Waals surface area (Å²) in [6.45, 7) is 0. The van der Waals surface area contributed by atoms with Gasteiger partial charge in [-0.05, 0) is 30.7 Å². The number of benzene rings is 1. The van der Waals surface area contributed by atoms with Crippen molar-refractivity contribution in [1.82, 2.24) is 0 Å². The lowest BCUT2D eigenvalue weighted by Gasteiger charge is -2.02. The van der Waals surface area contributed by atoms with E-state index in [0.29, 0.717) is 15.6 Å². The number of hydrogen-bond donors (Lipinski definition) is 0. The summed E-state index contributed by atoms with van der Waals surface area (Å²) in [5.41, 5.74) is 0.440. The van der Waals surface area contributed by atoms with E-state index in [9.17, 15) is 4.79 Å². The van der Waals surface area contributed by atoms with Gasteiger partial charge in [-0.25, -0.2) is 0 Å². The molecule has 1 nitrogen and oxygen atoms in total. The molecule has 0 fully saturated rings. The molecule has 86 valence electrons. The first-order chi connectivity index (χ1) is 7.58. The summed E-state index contributed by atoms with van der Waals surface area (Å²) in [6, 6.07) is 4.87. The zero-order chi connectivity index (χ0) is 12.1. The van der Waals surface area contributed by atoms with Crippen LogP contribution in [-0.2, 0) is 0 Å². The van der Waals surface area contributed by atoms with Crippen LogP contribution in [0.1, 0.15) is 10.4 Å². The lowest BCUT2D eigenvalue weighted by atomic mass is 10.1. The molecule has 0 aliphatic carbocycles. The molecule has 0 heterocycles. The molecular formula is C11H10Cl2OS2. The average Bonchev–Trinajstić information content (AvgIpc) is 2.28. The maximum atomic E-state index is 11.9. The quantitative estimate of drug-likeness (QED) is 0.589. The van der Waals surface area contributed by atoms with Crippen LogP contribution in [0.5, 0.6) is 0 Å². The number of carbonyl (C=O) groups is 1. The lowest BCUT2D eigenvalue weighted by molar-refractivity contribution is 0.104. The third-order valence-corrected chi connectivity index (χ3v) is 4.45. The number of thioether (sulfide) groups is 2. The van der Waals surface area contributed by atoms with Gasteiger partial charge in [0.15, 0.2) is 5.78 Å². The zero-order valence-electron chi connectivity index (χ0n) is 8.79. The molecule has 0 aliphatic heterocycles. The Morgan fingerprint density at radius 3 is 2.44 bits per heavy atom. The fraction of sp³-hybridized carbons (Fsp3) is 0.182. The Hall–Kier alpha value is -0.0900. The van der Waals surface area contributed by atoms with Gasteiger partial charge in [0.25, 0.3) is 0 Å². The molecule has 0 unspecified atom stereocenters. The van der Waals surface area contributed by atoms with Gasteiger partial charge in [-0.1, -0.05) is 23.2 Å². The normalized spacial score (nSPS) is 10.0. The van der Waals surface area contributed by atoms with Crippen molar-refractivity contribution in [2.24, 2.45) is 0 Å². The van der Waals surface area contributed by atoms with E-state index in [1.165, 1.54) is 23.5 Å². The minimum Gasteiger partial charge on any atom is -0.289 e. The van der Waals surface area contributed by atoms with Crippen molar-refractivity contribution >= 4 is 52.5 Å². The second-order valence-electron chi connectivity index (χ2n) is 2.86. The van der Waals surface area contributed by atoms with Crippen molar-refractivity contribution in [3.8, 4) is 0 Å². The molecule has 1 aromatic carbocycles. The second-order valence-corrected chi connectivity index (χ2v) is 5.66. The summed E-state index contributed by atoms with van der Waals surface area (Å²) < 4.78 is 0.945. The van der Waals surface area contributed by atoms with Crippen molar-refractivity contribution in [2.75, 3.05) is 12.5 Å². The summed E-state index contributed by atoms with van der Waals surface area (Å²) >= 11 is 14.8. The first-order valence-corrected chi connectivity index (χ1v) is 7.58. The molecule has 0 bridgehead atoms. The monoisotopic (exact) mass is 292 g/mol. The van der Waals surface area contributed by atoms with Crippen LogP contribution >= 0.6 is 46.7 Å². The number of carbonyl (C=O) groups excluding carboxylic acids is 1. The first kappa shape index (κ1) is 14.0. The van der Waals surface area contributed by atoms with Crippen LogP contribution in [0.2, 0.25) is 10.0 Å². The van der Waals surface area contributed by atoms with Gasteiger partial charge < -0.3 is 0 Å². The van der Waals surface area contributed by atoms with Crippen LogP contribution in [-0.4, -0.2) is 18.3 Å². The predicted octanol–water partition coefficient (Wildman–Crippen LogP) is 4.74. The molecule has 0 spiro atoms. The Morgan fingerprint density at radius 2 is 1.88 bits per heavy atom. The Morgan fingerprint density at radius 1 is 1.25 bits per heavy atom. The maximum absolute atomic E-state index is 11.9. The lowest BCUT2D eigenvalue weighted by Crippen LogP contribution is -1.96. The highest BCUT2D eigenvalue weighted by atomic mass is 35.5. The zero-order valence-corrected chi connectivity index (χ0v) is 11.9. The largest absolute Gasteiger partial charge is 0.289 e. The van der Waals surface area contributed by atoms with E-state index in [1.807, 2.05) is 12.5 Å². The van der Waals surface area contributed by atoms with Crippen molar-refractivity contribution in [1.29, 1.82) is 0 Å². The smallest absolute Gasteiger partial charge is 0.189 e. The van der Waals surface area contributed by atoms with Crippen LogP contribution in [0, 0.1) is 0 Å². The minimum absolute atomic E-state index is 0.119. The Bertz CT molecular complexity index is 424. The van der Waals surface area contributed by atoms with Gasteiger partial charge in [0.2, 0.25) is 0 Å². The summed E-state index contributed by atoms with van der Waals surface area (Å²) in [5.74, 6) is -0.119. The molecule has 0 aliphatic rings. The third kappa shape index (κ3) is 3.74. The van der Waals surface area contributed by atoms with Crippen molar-refractivity contribution in [2.45, 2.75) is 0 Å². The summed E-state index contributed by atoms with van der Waals surface area (Å²) in [4.78, 5) is 11.9. The van der Waals surface area contributed by atoms with Crippen molar-refractivity contribution < 1.29 is 4.79 Å². The summed E-state index contributed by atoms with van der Waals surface area (Å²) in [5, 5.41) is 0.934. The average molecular weight is 293 g/mol. The van der Waals surface area contributed by atoms with Crippen LogP contribution in [0.4, 0.5) is 0 Å². The minimum atomic E-state index is -0.119. The number of allylic oxidation sites excluding steroid dienone is 1. The van der Waals surface area contributed by atoms with Gasteiger partial charge in [-0.3, -0.25) is 4.79 Å². The fourth-order valence-electron chi connectivity index (χ4n) is 1.07.